The first-order valence-corrected chi connectivity index (χ1v) is 8.73. The van der Waals surface area contributed by atoms with Crippen LogP contribution in [0, 0.1) is 0 Å². The molecule has 3 aromatic carbocycles. The summed E-state index contributed by atoms with van der Waals surface area (Å²) in [6.07, 6.45) is 0.778. The van der Waals surface area contributed by atoms with Crippen LogP contribution in [0.2, 0.25) is 0 Å². The Kier molecular flexibility index (Phi) is 5.68. The molecule has 0 spiro atoms. The Morgan fingerprint density at radius 3 is 2.48 bits per heavy atom. The maximum Gasteiger partial charge on any atom is 0.227 e. The predicted octanol–water partition coefficient (Wildman–Crippen LogP) is 4.53. The van der Waals surface area contributed by atoms with Gasteiger partial charge in [0.2, 0.25) is 5.91 Å². The molecular formula is C22H23NO2. The van der Waals surface area contributed by atoms with E-state index in [1.54, 1.807) is 0 Å². The van der Waals surface area contributed by atoms with Crippen LogP contribution in [0.25, 0.3) is 10.8 Å². The molecule has 1 atom stereocenters. The molecule has 3 aromatic rings. The Hall–Kier alpha value is -2.81. The van der Waals surface area contributed by atoms with E-state index in [1.165, 1.54) is 0 Å². The Balaban J connectivity index is 1.55. The van der Waals surface area contributed by atoms with Crippen molar-refractivity contribution in [3.8, 4) is 5.75 Å². The van der Waals surface area contributed by atoms with Crippen molar-refractivity contribution < 1.29 is 9.53 Å². The number of hydrogen-bond donors (Lipinski definition) is 1. The minimum Gasteiger partial charge on any atom is -0.491 e. The lowest BCUT2D eigenvalue weighted by Gasteiger charge is -2.16. The third-order valence-corrected chi connectivity index (χ3v) is 4.34. The van der Waals surface area contributed by atoms with Crippen LogP contribution in [0.15, 0.2) is 72.8 Å². The number of nitrogens with one attached hydrogen (secondary N) is 1. The maximum absolute atomic E-state index is 12.4. The van der Waals surface area contributed by atoms with E-state index in [0.29, 0.717) is 13.2 Å². The number of benzene rings is 3. The van der Waals surface area contributed by atoms with E-state index in [9.17, 15) is 4.79 Å². The molecule has 3 rings (SSSR count). The highest BCUT2D eigenvalue weighted by molar-refractivity contribution is 5.88. The summed E-state index contributed by atoms with van der Waals surface area (Å²) in [7, 11) is 0. The lowest BCUT2D eigenvalue weighted by Crippen LogP contribution is -2.32. The van der Waals surface area contributed by atoms with E-state index in [-0.39, 0.29) is 11.8 Å². The zero-order chi connectivity index (χ0) is 17.5. The quantitative estimate of drug-likeness (QED) is 0.645. The summed E-state index contributed by atoms with van der Waals surface area (Å²) in [6.45, 7) is 2.97. The SMILES string of the molecule is CCC(C(=O)NCCOc1cccc2ccccc12)c1ccccc1. The molecule has 0 aliphatic carbocycles. The number of carbonyl (C=O) groups is 1. The van der Waals surface area contributed by atoms with E-state index in [0.717, 1.165) is 28.5 Å². The molecule has 0 fully saturated rings. The second-order valence-electron chi connectivity index (χ2n) is 5.99. The Morgan fingerprint density at radius 1 is 0.960 bits per heavy atom. The minimum atomic E-state index is -0.112. The highest BCUT2D eigenvalue weighted by atomic mass is 16.5. The van der Waals surface area contributed by atoms with Crippen molar-refractivity contribution in [2.75, 3.05) is 13.2 Å². The Bertz CT molecular complexity index is 824. The summed E-state index contributed by atoms with van der Waals surface area (Å²) in [6, 6.07) is 24.0. The van der Waals surface area contributed by atoms with Crippen molar-refractivity contribution in [3.63, 3.8) is 0 Å². The molecule has 3 heteroatoms. The molecule has 0 heterocycles. The van der Waals surface area contributed by atoms with Gasteiger partial charge in [-0.15, -0.1) is 0 Å². The third-order valence-electron chi connectivity index (χ3n) is 4.34. The molecule has 0 aliphatic heterocycles. The number of hydrogen-bond acceptors (Lipinski definition) is 2. The highest BCUT2D eigenvalue weighted by Gasteiger charge is 2.17. The molecule has 25 heavy (non-hydrogen) atoms. The molecule has 1 unspecified atom stereocenters. The zero-order valence-corrected chi connectivity index (χ0v) is 14.4. The van der Waals surface area contributed by atoms with Gasteiger partial charge in [-0.3, -0.25) is 4.79 Å². The van der Waals surface area contributed by atoms with Crippen LogP contribution in [0.5, 0.6) is 5.75 Å². The van der Waals surface area contributed by atoms with Crippen molar-refractivity contribution >= 4 is 16.7 Å². The highest BCUT2D eigenvalue weighted by Crippen LogP contribution is 2.25. The van der Waals surface area contributed by atoms with E-state index in [1.807, 2.05) is 67.6 Å². The lowest BCUT2D eigenvalue weighted by molar-refractivity contribution is -0.122. The molecule has 1 N–H and O–H groups in total. The van der Waals surface area contributed by atoms with Crippen LogP contribution in [0.4, 0.5) is 0 Å². The third kappa shape index (κ3) is 4.18. The van der Waals surface area contributed by atoms with Crippen molar-refractivity contribution in [3.05, 3.63) is 78.4 Å². The largest absolute Gasteiger partial charge is 0.491 e. The first-order chi connectivity index (χ1) is 12.3. The van der Waals surface area contributed by atoms with Crippen molar-refractivity contribution in [1.29, 1.82) is 0 Å². The summed E-state index contributed by atoms with van der Waals surface area (Å²) >= 11 is 0. The van der Waals surface area contributed by atoms with Crippen LogP contribution >= 0.6 is 0 Å². The predicted molar refractivity (Wildman–Crippen MR) is 102 cm³/mol. The molecule has 0 bridgehead atoms. The summed E-state index contributed by atoms with van der Waals surface area (Å²) in [4.78, 5) is 12.4. The van der Waals surface area contributed by atoms with E-state index < -0.39 is 0 Å². The fourth-order valence-corrected chi connectivity index (χ4v) is 3.04. The van der Waals surface area contributed by atoms with Gasteiger partial charge in [0, 0.05) is 5.39 Å². The number of fused-ring (bicyclic) bond motifs is 1. The maximum atomic E-state index is 12.4. The molecular weight excluding hydrogens is 310 g/mol. The van der Waals surface area contributed by atoms with E-state index in [4.69, 9.17) is 4.74 Å². The normalized spacial score (nSPS) is 11.9. The molecule has 0 radical (unpaired) electrons. The molecule has 0 saturated heterocycles. The van der Waals surface area contributed by atoms with Gasteiger partial charge in [0.25, 0.3) is 0 Å². The lowest BCUT2D eigenvalue weighted by atomic mass is 9.96. The molecule has 128 valence electrons. The van der Waals surface area contributed by atoms with Gasteiger partial charge >= 0.3 is 0 Å². The zero-order valence-electron chi connectivity index (χ0n) is 14.4. The van der Waals surface area contributed by atoms with Gasteiger partial charge in [-0.2, -0.15) is 0 Å². The first kappa shape index (κ1) is 17.0. The Morgan fingerprint density at radius 2 is 1.68 bits per heavy atom. The topological polar surface area (TPSA) is 38.3 Å². The second-order valence-corrected chi connectivity index (χ2v) is 5.99. The van der Waals surface area contributed by atoms with Gasteiger partial charge in [-0.05, 0) is 23.4 Å². The van der Waals surface area contributed by atoms with Gasteiger partial charge in [-0.25, -0.2) is 0 Å². The van der Waals surface area contributed by atoms with Crippen molar-refractivity contribution in [2.45, 2.75) is 19.3 Å². The van der Waals surface area contributed by atoms with E-state index >= 15 is 0 Å². The summed E-state index contributed by atoms with van der Waals surface area (Å²) in [5.74, 6) is 0.788. The van der Waals surface area contributed by atoms with Crippen LogP contribution in [-0.4, -0.2) is 19.1 Å². The summed E-state index contributed by atoms with van der Waals surface area (Å²) in [5, 5.41) is 5.23. The second kappa shape index (κ2) is 8.34. The van der Waals surface area contributed by atoms with Gasteiger partial charge in [0.15, 0.2) is 0 Å². The average Bonchev–Trinajstić information content (AvgIpc) is 2.67. The standard InChI is InChI=1S/C22H23NO2/c1-2-19(17-9-4-3-5-10-17)22(24)23-15-16-25-21-14-8-12-18-11-6-7-13-20(18)21/h3-14,19H,2,15-16H2,1H3,(H,23,24). The van der Waals surface area contributed by atoms with Crippen LogP contribution in [-0.2, 0) is 4.79 Å². The number of carbonyl (C=O) groups excluding carboxylic acids is 1. The average molecular weight is 333 g/mol. The fraction of sp³-hybridized carbons (Fsp3) is 0.227. The molecule has 0 aliphatic rings. The smallest absolute Gasteiger partial charge is 0.227 e. The summed E-state index contributed by atoms with van der Waals surface area (Å²) < 4.78 is 5.87. The van der Waals surface area contributed by atoms with Gasteiger partial charge in [-0.1, -0.05) is 73.7 Å². The summed E-state index contributed by atoms with van der Waals surface area (Å²) in [5.41, 5.74) is 1.05. The minimum absolute atomic E-state index is 0.0511. The van der Waals surface area contributed by atoms with Crippen molar-refractivity contribution in [1.82, 2.24) is 5.32 Å². The molecule has 0 saturated carbocycles. The van der Waals surface area contributed by atoms with Crippen LogP contribution < -0.4 is 10.1 Å². The molecule has 1 amide bonds. The molecule has 3 nitrogen and oxygen atoms in total. The van der Waals surface area contributed by atoms with Gasteiger partial charge in [0.05, 0.1) is 12.5 Å². The fourth-order valence-electron chi connectivity index (χ4n) is 3.04. The molecule has 0 aromatic heterocycles. The number of rotatable bonds is 7. The Labute approximate surface area is 148 Å². The van der Waals surface area contributed by atoms with Crippen LogP contribution in [0.1, 0.15) is 24.8 Å². The van der Waals surface area contributed by atoms with Gasteiger partial charge < -0.3 is 10.1 Å². The first-order valence-electron chi connectivity index (χ1n) is 8.73. The van der Waals surface area contributed by atoms with Gasteiger partial charge in [0.1, 0.15) is 12.4 Å². The monoisotopic (exact) mass is 333 g/mol. The number of ether oxygens (including phenoxy) is 1. The van der Waals surface area contributed by atoms with Crippen LogP contribution in [0.3, 0.4) is 0 Å². The van der Waals surface area contributed by atoms with Crippen molar-refractivity contribution in [2.24, 2.45) is 0 Å². The van der Waals surface area contributed by atoms with E-state index in [2.05, 4.69) is 17.4 Å². The number of amides is 1.